The van der Waals surface area contributed by atoms with Crippen LogP contribution in [0.25, 0.3) is 4.96 Å². The summed E-state index contributed by atoms with van der Waals surface area (Å²) in [6, 6.07) is 9.16. The van der Waals surface area contributed by atoms with Crippen molar-refractivity contribution in [1.29, 1.82) is 0 Å². The average Bonchev–Trinajstić information content (AvgIpc) is 3.26. The molecule has 1 fully saturated rings. The number of fused-ring (bicyclic) bond motifs is 4. The van der Waals surface area contributed by atoms with Crippen LogP contribution in [0.5, 0.6) is 0 Å². The first-order valence-corrected chi connectivity index (χ1v) is 9.41. The van der Waals surface area contributed by atoms with E-state index in [-0.39, 0.29) is 5.54 Å². The third kappa shape index (κ3) is 1.62. The Morgan fingerprint density at radius 2 is 2.00 bits per heavy atom. The Labute approximate surface area is 140 Å². The van der Waals surface area contributed by atoms with Crippen molar-refractivity contribution in [3.63, 3.8) is 0 Å². The van der Waals surface area contributed by atoms with E-state index in [1.807, 2.05) is 0 Å². The van der Waals surface area contributed by atoms with E-state index in [9.17, 15) is 0 Å². The maximum Gasteiger partial charge on any atom is 0.194 e. The molecule has 1 saturated carbocycles. The van der Waals surface area contributed by atoms with Gasteiger partial charge in [-0.25, -0.2) is 4.98 Å². The molecule has 1 aliphatic heterocycles. The first-order valence-electron chi connectivity index (χ1n) is 8.53. The van der Waals surface area contributed by atoms with Gasteiger partial charge in [-0.3, -0.25) is 4.40 Å². The van der Waals surface area contributed by atoms with E-state index >= 15 is 0 Å². The van der Waals surface area contributed by atoms with Gasteiger partial charge in [-0.05, 0) is 38.3 Å². The molecule has 0 unspecified atom stereocenters. The van der Waals surface area contributed by atoms with Gasteiger partial charge in [0.15, 0.2) is 4.96 Å². The van der Waals surface area contributed by atoms with Gasteiger partial charge >= 0.3 is 0 Å². The van der Waals surface area contributed by atoms with Gasteiger partial charge in [0, 0.05) is 17.3 Å². The van der Waals surface area contributed by atoms with Crippen LogP contribution in [-0.2, 0) is 5.54 Å². The third-order valence-electron chi connectivity index (χ3n) is 5.78. The molecule has 118 valence electrons. The second-order valence-electron chi connectivity index (χ2n) is 6.97. The Bertz CT molecular complexity index is 885. The highest BCUT2D eigenvalue weighted by Crippen LogP contribution is 2.56. The van der Waals surface area contributed by atoms with Gasteiger partial charge in [-0.1, -0.05) is 31.0 Å². The Morgan fingerprint density at radius 1 is 1.22 bits per heavy atom. The molecule has 23 heavy (non-hydrogen) atoms. The molecule has 0 bridgehead atoms. The van der Waals surface area contributed by atoms with Crippen molar-refractivity contribution in [3.05, 3.63) is 52.8 Å². The van der Waals surface area contributed by atoms with E-state index in [2.05, 4.69) is 59.0 Å². The number of aromatic nitrogens is 2. The smallest absolute Gasteiger partial charge is 0.194 e. The predicted molar refractivity (Wildman–Crippen MR) is 95.3 cm³/mol. The van der Waals surface area contributed by atoms with Crippen LogP contribution >= 0.6 is 11.3 Å². The van der Waals surface area contributed by atoms with E-state index in [1.54, 1.807) is 11.3 Å². The SMILES string of the molecule is Cc1ccccc1N1[C@@H](C)c2nc3sccn3c2C12CCCC2. The number of hydrogen-bond donors (Lipinski definition) is 0. The summed E-state index contributed by atoms with van der Waals surface area (Å²) < 4.78 is 2.36. The highest BCUT2D eigenvalue weighted by Gasteiger charge is 2.53. The summed E-state index contributed by atoms with van der Waals surface area (Å²) in [5.41, 5.74) is 5.62. The van der Waals surface area contributed by atoms with Crippen LogP contribution < -0.4 is 4.90 Å². The molecule has 0 amide bonds. The maximum absolute atomic E-state index is 5.00. The monoisotopic (exact) mass is 323 g/mol. The molecule has 0 saturated heterocycles. The van der Waals surface area contributed by atoms with E-state index in [0.29, 0.717) is 6.04 Å². The molecule has 4 heteroatoms. The van der Waals surface area contributed by atoms with Crippen LogP contribution in [0.2, 0.25) is 0 Å². The van der Waals surface area contributed by atoms with Gasteiger partial charge in [0.05, 0.1) is 23.0 Å². The third-order valence-corrected chi connectivity index (χ3v) is 6.54. The highest BCUT2D eigenvalue weighted by atomic mass is 32.1. The summed E-state index contributed by atoms with van der Waals surface area (Å²) in [6.07, 6.45) is 7.31. The highest BCUT2D eigenvalue weighted by molar-refractivity contribution is 7.15. The molecule has 2 aromatic heterocycles. The van der Waals surface area contributed by atoms with Crippen molar-refractivity contribution >= 4 is 22.0 Å². The molecule has 3 aromatic rings. The minimum absolute atomic E-state index is 0.126. The number of hydrogen-bond acceptors (Lipinski definition) is 3. The van der Waals surface area contributed by atoms with Crippen molar-refractivity contribution in [2.45, 2.75) is 51.1 Å². The van der Waals surface area contributed by atoms with E-state index in [1.165, 1.54) is 48.3 Å². The molecular weight excluding hydrogens is 302 g/mol. The van der Waals surface area contributed by atoms with Crippen molar-refractivity contribution in [2.75, 3.05) is 4.90 Å². The number of aryl methyl sites for hydroxylation is 1. The molecule has 1 aliphatic carbocycles. The van der Waals surface area contributed by atoms with E-state index in [4.69, 9.17) is 4.98 Å². The number of rotatable bonds is 1. The second kappa shape index (κ2) is 4.60. The van der Waals surface area contributed by atoms with Crippen LogP contribution in [-0.4, -0.2) is 9.38 Å². The van der Waals surface area contributed by atoms with Crippen LogP contribution in [0.15, 0.2) is 35.8 Å². The zero-order chi connectivity index (χ0) is 15.6. The van der Waals surface area contributed by atoms with Crippen LogP contribution in [0, 0.1) is 6.92 Å². The Balaban J connectivity index is 1.79. The van der Waals surface area contributed by atoms with E-state index < -0.39 is 0 Å². The Kier molecular flexibility index (Phi) is 2.72. The molecule has 5 rings (SSSR count). The lowest BCUT2D eigenvalue weighted by Gasteiger charge is -2.40. The fourth-order valence-corrected chi connectivity index (χ4v) is 5.59. The summed E-state index contributed by atoms with van der Waals surface area (Å²) in [5.74, 6) is 0. The summed E-state index contributed by atoms with van der Waals surface area (Å²) >= 11 is 1.75. The predicted octanol–water partition coefficient (Wildman–Crippen LogP) is 5.05. The van der Waals surface area contributed by atoms with Gasteiger partial charge in [0.2, 0.25) is 0 Å². The molecule has 3 nitrogen and oxygen atoms in total. The molecule has 1 atom stereocenters. The summed E-state index contributed by atoms with van der Waals surface area (Å²) in [5, 5.41) is 2.16. The van der Waals surface area contributed by atoms with Gasteiger partial charge in [-0.2, -0.15) is 0 Å². The molecule has 3 heterocycles. The minimum Gasteiger partial charge on any atom is -0.352 e. The number of benzene rings is 1. The molecule has 1 aromatic carbocycles. The first kappa shape index (κ1) is 13.6. The van der Waals surface area contributed by atoms with Crippen LogP contribution in [0.3, 0.4) is 0 Å². The van der Waals surface area contributed by atoms with Crippen molar-refractivity contribution < 1.29 is 0 Å². The number of imidazole rings is 1. The lowest BCUT2D eigenvalue weighted by Crippen LogP contribution is -2.41. The average molecular weight is 323 g/mol. The first-order chi connectivity index (χ1) is 11.2. The normalized spacial score (nSPS) is 22.3. The molecule has 0 radical (unpaired) electrons. The molecular formula is C19H21N3S. The fourth-order valence-electron chi connectivity index (χ4n) is 4.87. The summed E-state index contributed by atoms with van der Waals surface area (Å²) in [7, 11) is 0. The zero-order valence-corrected chi connectivity index (χ0v) is 14.4. The second-order valence-corrected chi connectivity index (χ2v) is 7.85. The summed E-state index contributed by atoms with van der Waals surface area (Å²) in [6.45, 7) is 4.56. The van der Waals surface area contributed by atoms with Crippen LogP contribution in [0.1, 0.15) is 55.6 Å². The quantitative estimate of drug-likeness (QED) is 0.624. The molecule has 1 spiro atoms. The Morgan fingerprint density at radius 3 is 2.78 bits per heavy atom. The van der Waals surface area contributed by atoms with Gasteiger partial charge < -0.3 is 4.90 Å². The number of para-hydroxylation sites is 1. The van der Waals surface area contributed by atoms with Gasteiger partial charge in [0.1, 0.15) is 0 Å². The Hall–Kier alpha value is -1.81. The zero-order valence-electron chi connectivity index (χ0n) is 13.6. The number of anilines is 1. The molecule has 0 N–H and O–H groups in total. The van der Waals surface area contributed by atoms with Gasteiger partial charge in [0.25, 0.3) is 0 Å². The topological polar surface area (TPSA) is 20.5 Å². The van der Waals surface area contributed by atoms with Crippen LogP contribution in [0.4, 0.5) is 5.69 Å². The van der Waals surface area contributed by atoms with Gasteiger partial charge in [-0.15, -0.1) is 11.3 Å². The lowest BCUT2D eigenvalue weighted by molar-refractivity contribution is 0.403. The maximum atomic E-state index is 5.00. The molecule has 2 aliphatic rings. The lowest BCUT2D eigenvalue weighted by atomic mass is 9.92. The minimum atomic E-state index is 0.126. The largest absolute Gasteiger partial charge is 0.352 e. The number of thiazole rings is 1. The number of nitrogens with zero attached hydrogens (tertiary/aromatic N) is 3. The fraction of sp³-hybridized carbons (Fsp3) is 0.421. The van der Waals surface area contributed by atoms with Crippen molar-refractivity contribution in [3.8, 4) is 0 Å². The standard InChI is InChI=1S/C19H21N3S/c1-13-7-3-4-8-15(13)22-14(2)16-17(19(22)9-5-6-10-19)21-11-12-23-18(21)20-16/h3-4,7-8,11-12,14H,5-6,9-10H2,1-2H3/t14-/m0/s1. The summed E-state index contributed by atoms with van der Waals surface area (Å²) in [4.78, 5) is 8.83. The van der Waals surface area contributed by atoms with Crippen molar-refractivity contribution in [2.24, 2.45) is 0 Å². The van der Waals surface area contributed by atoms with E-state index in [0.717, 1.165) is 4.96 Å². The van der Waals surface area contributed by atoms with Crippen molar-refractivity contribution in [1.82, 2.24) is 9.38 Å².